The van der Waals surface area contributed by atoms with Crippen LogP contribution in [0.3, 0.4) is 0 Å². The van der Waals surface area contributed by atoms with Crippen molar-refractivity contribution in [3.63, 3.8) is 0 Å². The van der Waals surface area contributed by atoms with Crippen molar-refractivity contribution in [2.75, 3.05) is 0 Å². The molecule has 0 amide bonds. The van der Waals surface area contributed by atoms with Gasteiger partial charge in [0.15, 0.2) is 0 Å². The van der Waals surface area contributed by atoms with Crippen LogP contribution in [0.25, 0.3) is 0 Å². The molecule has 2 nitrogen and oxygen atoms in total. The second kappa shape index (κ2) is 3.20. The van der Waals surface area contributed by atoms with Crippen molar-refractivity contribution in [3.05, 3.63) is 12.3 Å². The molecule has 0 fully saturated rings. The first-order chi connectivity index (χ1) is 5.55. The van der Waals surface area contributed by atoms with E-state index >= 15 is 0 Å². The third-order valence-corrected chi connectivity index (χ3v) is 1.52. The molecule has 0 saturated heterocycles. The largest absolute Gasteiger partial charge is 0.527 e. The first kappa shape index (κ1) is 9.16. The average Bonchev–Trinajstić information content (AvgIpc) is 2.34. The molecule has 0 spiro atoms. The molecule has 1 rings (SSSR count). The molecule has 0 atom stereocenters. The maximum Gasteiger partial charge on any atom is 0.527 e. The number of aryl methyl sites for hydroxylation is 1. The van der Waals surface area contributed by atoms with E-state index in [0.29, 0.717) is 13.0 Å². The first-order valence-electron chi connectivity index (χ1n) is 3.77. The van der Waals surface area contributed by atoms with Crippen LogP contribution in [0.2, 0.25) is 0 Å². The summed E-state index contributed by atoms with van der Waals surface area (Å²) in [5, 5.41) is 3.58. The van der Waals surface area contributed by atoms with E-state index in [-0.39, 0.29) is 0 Å². The predicted octanol–water partition coefficient (Wildman–Crippen LogP) is 1.35. The fourth-order valence-corrected chi connectivity index (χ4v) is 1.02. The zero-order chi connectivity index (χ0) is 9.19. The lowest BCUT2D eigenvalue weighted by molar-refractivity contribution is 0.486. The molecule has 0 bridgehead atoms. The molecule has 6 heteroatoms. The third-order valence-electron chi connectivity index (χ3n) is 1.52. The van der Waals surface area contributed by atoms with Crippen molar-refractivity contribution < 1.29 is 12.9 Å². The summed E-state index contributed by atoms with van der Waals surface area (Å²) in [4.78, 5) is 0. The van der Waals surface area contributed by atoms with Crippen molar-refractivity contribution in [3.8, 4) is 0 Å². The van der Waals surface area contributed by atoms with Crippen molar-refractivity contribution in [2.24, 2.45) is 0 Å². The molecule has 1 heterocycles. The van der Waals surface area contributed by atoms with E-state index in [9.17, 15) is 12.9 Å². The van der Waals surface area contributed by atoms with E-state index < -0.39 is 12.6 Å². The normalized spacial score (nSPS) is 12.0. The van der Waals surface area contributed by atoms with Gasteiger partial charge in [-0.2, -0.15) is 5.10 Å². The van der Waals surface area contributed by atoms with Gasteiger partial charge in [0.1, 0.15) is 0 Å². The molecule has 0 aliphatic rings. The van der Waals surface area contributed by atoms with Crippen molar-refractivity contribution in [1.29, 1.82) is 0 Å². The monoisotopic (exact) mass is 177 g/mol. The topological polar surface area (TPSA) is 17.8 Å². The lowest BCUT2D eigenvalue weighted by Crippen LogP contribution is -2.40. The lowest BCUT2D eigenvalue weighted by Gasteiger charge is -2.16. The SMILES string of the molecule is CCCn1nccc1[B-](F)(F)F. The molecule has 0 aromatic carbocycles. The van der Waals surface area contributed by atoms with E-state index in [1.54, 1.807) is 0 Å². The van der Waals surface area contributed by atoms with Gasteiger partial charge in [0, 0.05) is 12.7 Å². The summed E-state index contributed by atoms with van der Waals surface area (Å²) in [6, 6.07) is 1.01. The Morgan fingerprint density at radius 3 is 2.67 bits per heavy atom. The van der Waals surface area contributed by atoms with Crippen molar-refractivity contribution in [2.45, 2.75) is 19.9 Å². The van der Waals surface area contributed by atoms with Gasteiger partial charge in [-0.15, -0.1) is 0 Å². The van der Waals surface area contributed by atoms with Gasteiger partial charge >= 0.3 is 6.98 Å². The third kappa shape index (κ3) is 1.81. The van der Waals surface area contributed by atoms with E-state index in [0.717, 1.165) is 10.7 Å². The maximum absolute atomic E-state index is 12.2. The number of rotatable bonds is 3. The second-order valence-electron chi connectivity index (χ2n) is 2.55. The summed E-state index contributed by atoms with van der Waals surface area (Å²) in [6.45, 7) is -2.77. The number of hydrogen-bond donors (Lipinski definition) is 0. The van der Waals surface area contributed by atoms with Gasteiger partial charge in [-0.25, -0.2) is 0 Å². The van der Waals surface area contributed by atoms with Gasteiger partial charge in [-0.3, -0.25) is 4.68 Å². The van der Waals surface area contributed by atoms with E-state index in [1.165, 1.54) is 6.20 Å². The summed E-state index contributed by atoms with van der Waals surface area (Å²) in [5.41, 5.74) is -0.614. The molecule has 12 heavy (non-hydrogen) atoms. The summed E-state index contributed by atoms with van der Waals surface area (Å²) >= 11 is 0. The van der Waals surface area contributed by atoms with Crippen LogP contribution in [0.15, 0.2) is 12.3 Å². The average molecular weight is 177 g/mol. The highest BCUT2D eigenvalue weighted by atomic mass is 19.4. The Hall–Kier alpha value is -0.935. The van der Waals surface area contributed by atoms with Gasteiger partial charge in [-0.05, 0) is 12.0 Å². The zero-order valence-electron chi connectivity index (χ0n) is 6.67. The highest BCUT2D eigenvalue weighted by molar-refractivity contribution is 6.72. The lowest BCUT2D eigenvalue weighted by atomic mass is 9.86. The summed E-state index contributed by atoms with van der Waals surface area (Å²) in [7, 11) is 0. The van der Waals surface area contributed by atoms with Crippen LogP contribution in [0.5, 0.6) is 0 Å². The van der Waals surface area contributed by atoms with Gasteiger partial charge in [-0.1, -0.05) is 13.0 Å². The smallest absolute Gasteiger partial charge is 0.444 e. The molecule has 0 N–H and O–H groups in total. The predicted molar refractivity (Wildman–Crippen MR) is 41.2 cm³/mol. The van der Waals surface area contributed by atoms with Gasteiger partial charge in [0.05, 0.1) is 0 Å². The van der Waals surface area contributed by atoms with E-state index in [2.05, 4.69) is 5.10 Å². The number of nitrogens with zero attached hydrogens (tertiary/aromatic N) is 2. The van der Waals surface area contributed by atoms with Crippen LogP contribution in [-0.2, 0) is 6.54 Å². The Balaban J connectivity index is 2.91. The standard InChI is InChI=1S/C6H9BF3N2/c1-2-5-12-6(3-4-11-12)7(8,9)10/h3-4H,2,5H2,1H3/q-1. The molecule has 0 unspecified atom stereocenters. The first-order valence-corrected chi connectivity index (χ1v) is 3.77. The fourth-order valence-electron chi connectivity index (χ4n) is 1.02. The van der Waals surface area contributed by atoms with E-state index in [1.807, 2.05) is 6.92 Å². The van der Waals surface area contributed by atoms with Crippen molar-refractivity contribution >= 4 is 12.6 Å². The number of hydrogen-bond acceptors (Lipinski definition) is 1. The van der Waals surface area contributed by atoms with Crippen LogP contribution in [0, 0.1) is 0 Å². The minimum atomic E-state index is -4.91. The maximum atomic E-state index is 12.2. The summed E-state index contributed by atoms with van der Waals surface area (Å²) in [5.74, 6) is 0. The molecule has 0 saturated carbocycles. The van der Waals surface area contributed by atoms with Crippen LogP contribution < -0.4 is 5.59 Å². The van der Waals surface area contributed by atoms with Crippen LogP contribution in [0.4, 0.5) is 12.9 Å². The molecular weight excluding hydrogens is 168 g/mol. The quantitative estimate of drug-likeness (QED) is 0.637. The molecule has 1 aromatic rings. The molecule has 1 aromatic heterocycles. The molecule has 0 aliphatic heterocycles. The molecule has 0 radical (unpaired) electrons. The van der Waals surface area contributed by atoms with Gasteiger partial charge in [0.25, 0.3) is 0 Å². The highest BCUT2D eigenvalue weighted by Gasteiger charge is 2.29. The Kier molecular flexibility index (Phi) is 2.44. The minimum absolute atomic E-state index is 0.323. The van der Waals surface area contributed by atoms with E-state index in [4.69, 9.17) is 0 Å². The summed E-state index contributed by atoms with van der Waals surface area (Å²) in [6.07, 6.45) is 1.83. The number of halogens is 3. The number of aromatic nitrogens is 2. The van der Waals surface area contributed by atoms with Crippen LogP contribution >= 0.6 is 0 Å². The van der Waals surface area contributed by atoms with Crippen LogP contribution in [-0.4, -0.2) is 16.8 Å². The zero-order valence-corrected chi connectivity index (χ0v) is 6.67. The Morgan fingerprint density at radius 1 is 1.50 bits per heavy atom. The Labute approximate surface area is 68.4 Å². The molecule has 68 valence electrons. The highest BCUT2D eigenvalue weighted by Crippen LogP contribution is 2.08. The van der Waals surface area contributed by atoms with Crippen LogP contribution in [0.1, 0.15) is 13.3 Å². The molecule has 0 aliphatic carbocycles. The second-order valence-corrected chi connectivity index (χ2v) is 2.55. The summed E-state index contributed by atoms with van der Waals surface area (Å²) < 4.78 is 37.6. The van der Waals surface area contributed by atoms with Gasteiger partial charge < -0.3 is 12.9 Å². The van der Waals surface area contributed by atoms with Crippen molar-refractivity contribution in [1.82, 2.24) is 9.78 Å². The minimum Gasteiger partial charge on any atom is -0.444 e. The fraction of sp³-hybridized carbons (Fsp3) is 0.500. The Morgan fingerprint density at radius 2 is 2.17 bits per heavy atom. The Bertz CT molecular complexity index is 256. The molecular formula is C6H9BF3N2-. The van der Waals surface area contributed by atoms with Gasteiger partial charge in [0.2, 0.25) is 0 Å².